The SMILES string of the molecule is CCCOC(CN(C)CC(OCCC)[Si](OC)(OC)OC)[Si](OC)(OC)OC. The lowest BCUT2D eigenvalue weighted by molar-refractivity contribution is -0.0203. The van der Waals surface area contributed by atoms with Crippen LogP contribution < -0.4 is 0 Å². The molecule has 0 rings (SSSR count). The van der Waals surface area contributed by atoms with Crippen LogP contribution in [0.3, 0.4) is 0 Å². The van der Waals surface area contributed by atoms with Gasteiger partial charge >= 0.3 is 17.6 Å². The van der Waals surface area contributed by atoms with Gasteiger partial charge in [0, 0.05) is 69.0 Å². The minimum atomic E-state index is -2.98. The Labute approximate surface area is 173 Å². The van der Waals surface area contributed by atoms with Gasteiger partial charge in [-0.3, -0.25) is 0 Å². The lowest BCUT2D eigenvalue weighted by atomic mass is 10.5. The molecule has 0 radical (unpaired) electrons. The van der Waals surface area contributed by atoms with Crippen molar-refractivity contribution in [2.24, 2.45) is 0 Å². The molecule has 2 atom stereocenters. The Balaban J connectivity index is 5.41. The van der Waals surface area contributed by atoms with Gasteiger partial charge in [0.25, 0.3) is 0 Å². The lowest BCUT2D eigenvalue weighted by Gasteiger charge is -2.37. The zero-order chi connectivity index (χ0) is 21.6. The number of ether oxygens (including phenoxy) is 2. The summed E-state index contributed by atoms with van der Waals surface area (Å²) < 4.78 is 46.0. The van der Waals surface area contributed by atoms with Crippen molar-refractivity contribution in [2.75, 3.05) is 76.0 Å². The first-order valence-corrected chi connectivity index (χ1v) is 13.2. The van der Waals surface area contributed by atoms with Crippen molar-refractivity contribution in [2.45, 2.75) is 38.1 Å². The van der Waals surface area contributed by atoms with Crippen LogP contribution in [-0.4, -0.2) is 110 Å². The number of nitrogens with zero attached hydrogens (tertiary/aromatic N) is 1. The van der Waals surface area contributed by atoms with E-state index in [9.17, 15) is 0 Å². The fourth-order valence-electron chi connectivity index (χ4n) is 2.98. The second-order valence-electron chi connectivity index (χ2n) is 6.37. The van der Waals surface area contributed by atoms with Gasteiger partial charge in [-0.2, -0.15) is 0 Å². The van der Waals surface area contributed by atoms with Gasteiger partial charge in [0.05, 0.1) is 0 Å². The highest BCUT2D eigenvalue weighted by Crippen LogP contribution is 2.20. The van der Waals surface area contributed by atoms with E-state index in [-0.39, 0.29) is 11.5 Å². The fourth-order valence-corrected chi connectivity index (χ4v) is 7.27. The van der Waals surface area contributed by atoms with Crippen LogP contribution in [0.5, 0.6) is 0 Å². The van der Waals surface area contributed by atoms with Gasteiger partial charge in [-0.1, -0.05) is 13.8 Å². The molecule has 0 amide bonds. The van der Waals surface area contributed by atoms with E-state index in [0.717, 1.165) is 12.8 Å². The van der Waals surface area contributed by atoms with E-state index < -0.39 is 17.6 Å². The van der Waals surface area contributed by atoms with Gasteiger partial charge in [-0.25, -0.2) is 0 Å². The molecular formula is C17H41NO8Si2. The largest absolute Gasteiger partial charge is 0.532 e. The molecule has 0 bridgehead atoms. The molecule has 0 heterocycles. The first-order valence-electron chi connectivity index (χ1n) is 9.61. The molecular weight excluding hydrogens is 402 g/mol. The monoisotopic (exact) mass is 443 g/mol. The van der Waals surface area contributed by atoms with Crippen molar-refractivity contribution in [3.8, 4) is 0 Å². The maximum Gasteiger partial charge on any atom is 0.532 e. The summed E-state index contributed by atoms with van der Waals surface area (Å²) in [5, 5.41) is 0. The molecule has 9 nitrogen and oxygen atoms in total. The molecule has 0 aromatic carbocycles. The Morgan fingerprint density at radius 2 is 0.893 bits per heavy atom. The molecule has 0 spiro atoms. The van der Waals surface area contributed by atoms with E-state index in [2.05, 4.69) is 18.7 Å². The van der Waals surface area contributed by atoms with Crippen LogP contribution in [0.25, 0.3) is 0 Å². The first-order chi connectivity index (χ1) is 13.4. The van der Waals surface area contributed by atoms with Crippen LogP contribution in [-0.2, 0) is 36.0 Å². The topological polar surface area (TPSA) is 77.1 Å². The van der Waals surface area contributed by atoms with Crippen molar-refractivity contribution >= 4 is 17.6 Å². The predicted molar refractivity (Wildman–Crippen MR) is 111 cm³/mol. The van der Waals surface area contributed by atoms with Gasteiger partial charge in [0.15, 0.2) is 0 Å². The zero-order valence-corrected chi connectivity index (χ0v) is 21.1. The van der Waals surface area contributed by atoms with Gasteiger partial charge in [-0.05, 0) is 19.9 Å². The second kappa shape index (κ2) is 15.0. The quantitative estimate of drug-likeness (QED) is 0.292. The average molecular weight is 444 g/mol. The molecule has 2 unspecified atom stereocenters. The number of hydrogen-bond donors (Lipinski definition) is 0. The number of hydrogen-bond acceptors (Lipinski definition) is 9. The van der Waals surface area contributed by atoms with Crippen molar-refractivity contribution in [1.29, 1.82) is 0 Å². The Bertz CT molecular complexity index is 336. The average Bonchev–Trinajstić information content (AvgIpc) is 2.72. The molecule has 11 heteroatoms. The summed E-state index contributed by atoms with van der Waals surface area (Å²) in [6.45, 7) is 6.37. The highest BCUT2D eigenvalue weighted by atomic mass is 28.4. The molecule has 0 aromatic rings. The fraction of sp³-hybridized carbons (Fsp3) is 1.00. The smallest absolute Gasteiger partial charge is 0.375 e. The third-order valence-electron chi connectivity index (χ3n) is 4.50. The summed E-state index contributed by atoms with van der Waals surface area (Å²) >= 11 is 0. The molecule has 28 heavy (non-hydrogen) atoms. The maximum absolute atomic E-state index is 6.05. The Kier molecular flexibility index (Phi) is 15.0. The summed E-state index contributed by atoms with van der Waals surface area (Å²) in [5.41, 5.74) is -0.680. The predicted octanol–water partition coefficient (Wildman–Crippen LogP) is 1.34. The zero-order valence-electron chi connectivity index (χ0n) is 19.1. The highest BCUT2D eigenvalue weighted by molar-refractivity contribution is 6.62. The first kappa shape index (κ1) is 28.1. The van der Waals surface area contributed by atoms with Gasteiger partial charge in [-0.15, -0.1) is 0 Å². The van der Waals surface area contributed by atoms with E-state index in [0.29, 0.717) is 26.3 Å². The molecule has 0 saturated carbocycles. The third-order valence-corrected chi connectivity index (χ3v) is 10.2. The lowest BCUT2D eigenvalue weighted by Crippen LogP contribution is -2.62. The summed E-state index contributed by atoms with van der Waals surface area (Å²) in [5.74, 6) is 0. The van der Waals surface area contributed by atoms with E-state index in [4.69, 9.17) is 36.0 Å². The second-order valence-corrected chi connectivity index (χ2v) is 12.5. The minimum Gasteiger partial charge on any atom is -0.375 e. The van der Waals surface area contributed by atoms with Crippen LogP contribution >= 0.6 is 0 Å². The molecule has 0 aromatic heterocycles. The normalized spacial score (nSPS) is 15.2. The number of likely N-dealkylation sites (N-methyl/N-ethyl adjacent to an activating group) is 1. The highest BCUT2D eigenvalue weighted by Gasteiger charge is 2.51. The summed E-state index contributed by atoms with van der Waals surface area (Å²) in [6.07, 6.45) is 1.77. The Morgan fingerprint density at radius 1 is 0.607 bits per heavy atom. The van der Waals surface area contributed by atoms with E-state index >= 15 is 0 Å². The van der Waals surface area contributed by atoms with Crippen molar-refractivity contribution in [3.63, 3.8) is 0 Å². The van der Waals surface area contributed by atoms with Crippen molar-refractivity contribution in [1.82, 2.24) is 4.90 Å². The van der Waals surface area contributed by atoms with Crippen molar-refractivity contribution in [3.05, 3.63) is 0 Å². The van der Waals surface area contributed by atoms with Crippen LogP contribution in [0.4, 0.5) is 0 Å². The molecule has 170 valence electrons. The summed E-state index contributed by atoms with van der Waals surface area (Å²) in [4.78, 5) is 2.08. The Hall–Kier alpha value is 0.0738. The van der Waals surface area contributed by atoms with Gasteiger partial charge in [0.2, 0.25) is 0 Å². The summed E-state index contributed by atoms with van der Waals surface area (Å²) in [7, 11) is 5.56. The van der Waals surface area contributed by atoms with Crippen LogP contribution in [0.1, 0.15) is 26.7 Å². The van der Waals surface area contributed by atoms with E-state index in [1.807, 2.05) is 7.05 Å². The summed E-state index contributed by atoms with van der Waals surface area (Å²) in [6, 6.07) is 0. The third kappa shape index (κ3) is 7.72. The van der Waals surface area contributed by atoms with E-state index in [1.165, 1.54) is 0 Å². The molecule has 0 aliphatic carbocycles. The van der Waals surface area contributed by atoms with Crippen molar-refractivity contribution < 1.29 is 36.0 Å². The molecule has 0 N–H and O–H groups in total. The molecule has 0 saturated heterocycles. The number of rotatable bonds is 18. The van der Waals surface area contributed by atoms with Crippen LogP contribution in [0.15, 0.2) is 0 Å². The van der Waals surface area contributed by atoms with Gasteiger partial charge in [0.1, 0.15) is 11.5 Å². The van der Waals surface area contributed by atoms with E-state index in [1.54, 1.807) is 42.7 Å². The Morgan fingerprint density at radius 3 is 1.11 bits per heavy atom. The standard InChI is InChI=1S/C17H41NO8Si2/c1-10-12-25-16(27(19-4,20-5)21-6)14-18(3)15-17(26-13-11-2)28(22-7,23-8)24-9/h16-17H,10-15H2,1-9H3. The molecule has 0 aliphatic rings. The molecule has 0 aliphatic heterocycles. The maximum atomic E-state index is 6.05. The van der Waals surface area contributed by atoms with Gasteiger partial charge < -0.3 is 40.9 Å². The van der Waals surface area contributed by atoms with Crippen LogP contribution in [0.2, 0.25) is 0 Å². The van der Waals surface area contributed by atoms with Crippen LogP contribution in [0, 0.1) is 0 Å². The molecule has 0 fully saturated rings. The minimum absolute atomic E-state index is 0.340.